The third-order valence-electron chi connectivity index (χ3n) is 6.22. The van der Waals surface area contributed by atoms with Crippen LogP contribution in [0.25, 0.3) is 0 Å². The van der Waals surface area contributed by atoms with Gasteiger partial charge in [0, 0.05) is 0 Å². The van der Waals surface area contributed by atoms with Crippen LogP contribution in [0.15, 0.2) is 91.0 Å². The van der Waals surface area contributed by atoms with Gasteiger partial charge in [-0.05, 0) is 23.6 Å². The van der Waals surface area contributed by atoms with E-state index in [-0.39, 0.29) is 19.8 Å². The highest BCUT2D eigenvalue weighted by molar-refractivity contribution is 5.98. The van der Waals surface area contributed by atoms with E-state index in [1.165, 1.54) is 0 Å². The van der Waals surface area contributed by atoms with Crippen LogP contribution in [0.2, 0.25) is 0 Å². The maximum absolute atomic E-state index is 13.2. The Morgan fingerprint density at radius 3 is 1.74 bits per heavy atom. The van der Waals surface area contributed by atoms with Crippen molar-refractivity contribution < 1.29 is 33.3 Å². The number of carbonyl (C=O) groups is 2. The number of rotatable bonds is 14. The molecule has 1 heterocycles. The lowest BCUT2D eigenvalue weighted by Crippen LogP contribution is -2.41. The third-order valence-corrected chi connectivity index (χ3v) is 6.22. The van der Waals surface area contributed by atoms with Crippen molar-refractivity contribution in [3.63, 3.8) is 0 Å². The van der Waals surface area contributed by atoms with Gasteiger partial charge in [-0.1, -0.05) is 91.0 Å². The van der Waals surface area contributed by atoms with Crippen molar-refractivity contribution in [3.8, 4) is 0 Å². The van der Waals surface area contributed by atoms with E-state index in [4.69, 9.17) is 23.7 Å². The van der Waals surface area contributed by atoms with Crippen molar-refractivity contribution in [2.45, 2.75) is 57.6 Å². The first-order valence-electron chi connectivity index (χ1n) is 12.9. The maximum Gasteiger partial charge on any atom is 0.313 e. The monoisotopic (exact) mass is 518 g/mol. The third kappa shape index (κ3) is 8.07. The van der Waals surface area contributed by atoms with Gasteiger partial charge >= 0.3 is 5.97 Å². The SMILES string of the molecule is CCOC(=O)CC(=O)[C@@H]1O[C@H](COCc2ccccc2)[C@@H](OCc2ccccc2)[C@H]1OCc1ccccc1. The molecule has 0 unspecified atom stereocenters. The van der Waals surface area contributed by atoms with E-state index in [9.17, 15) is 9.59 Å². The topological polar surface area (TPSA) is 80.3 Å². The second-order valence-electron chi connectivity index (χ2n) is 9.07. The molecule has 0 bridgehead atoms. The van der Waals surface area contributed by atoms with E-state index >= 15 is 0 Å². The number of ketones is 1. The van der Waals surface area contributed by atoms with Gasteiger partial charge in [0.1, 0.15) is 30.8 Å². The molecule has 0 spiro atoms. The Morgan fingerprint density at radius 1 is 0.711 bits per heavy atom. The van der Waals surface area contributed by atoms with E-state index in [0.717, 1.165) is 16.7 Å². The molecule has 0 aliphatic carbocycles. The molecule has 1 aliphatic heterocycles. The van der Waals surface area contributed by atoms with Gasteiger partial charge in [-0.25, -0.2) is 0 Å². The normalized spacial score (nSPS) is 20.8. The molecule has 0 saturated carbocycles. The highest BCUT2D eigenvalue weighted by atomic mass is 16.6. The number of benzene rings is 3. The summed E-state index contributed by atoms with van der Waals surface area (Å²) in [5.41, 5.74) is 2.97. The van der Waals surface area contributed by atoms with Crippen molar-refractivity contribution in [2.24, 2.45) is 0 Å². The van der Waals surface area contributed by atoms with Gasteiger partial charge in [0.15, 0.2) is 5.78 Å². The quantitative estimate of drug-likeness (QED) is 0.227. The highest BCUT2D eigenvalue weighted by Crippen LogP contribution is 2.30. The van der Waals surface area contributed by atoms with Gasteiger partial charge in [0.25, 0.3) is 0 Å². The molecular formula is C31H34O7. The number of esters is 1. The van der Waals surface area contributed by atoms with Crippen LogP contribution in [0.4, 0.5) is 0 Å². The van der Waals surface area contributed by atoms with Crippen molar-refractivity contribution in [1.82, 2.24) is 0 Å². The minimum atomic E-state index is -0.991. The molecule has 0 aromatic heterocycles. The van der Waals surface area contributed by atoms with Gasteiger partial charge in [-0.15, -0.1) is 0 Å². The highest BCUT2D eigenvalue weighted by Gasteiger charge is 2.49. The van der Waals surface area contributed by atoms with Crippen LogP contribution in [-0.2, 0) is 53.1 Å². The standard InChI is InChI=1S/C31H34O7/c1-2-35-28(33)18-26(32)29-31(37-21-25-16-10-5-11-17-25)30(36-20-24-14-8-4-9-15-24)27(38-29)22-34-19-23-12-6-3-7-13-23/h3-17,27,29-31H,2,18-22H2,1H3/t27-,29+,30-,31+/m1/s1. The zero-order valence-electron chi connectivity index (χ0n) is 21.6. The van der Waals surface area contributed by atoms with Crippen LogP contribution in [0.5, 0.6) is 0 Å². The Labute approximate surface area is 223 Å². The number of Topliss-reactive ketones (excluding diaryl/α,β-unsaturated/α-hetero) is 1. The molecule has 0 N–H and O–H groups in total. The minimum Gasteiger partial charge on any atom is -0.466 e. The second-order valence-corrected chi connectivity index (χ2v) is 9.07. The van der Waals surface area contributed by atoms with Gasteiger partial charge in [-0.2, -0.15) is 0 Å². The molecule has 3 aromatic carbocycles. The molecule has 4 atom stereocenters. The predicted octanol–water partition coefficient (Wildman–Crippen LogP) is 4.66. The molecule has 7 heteroatoms. The lowest BCUT2D eigenvalue weighted by molar-refractivity contribution is -0.150. The largest absolute Gasteiger partial charge is 0.466 e. The Balaban J connectivity index is 1.52. The average molecular weight is 519 g/mol. The lowest BCUT2D eigenvalue weighted by atomic mass is 10.0. The molecule has 3 aromatic rings. The zero-order valence-corrected chi connectivity index (χ0v) is 21.6. The Bertz CT molecular complexity index is 1120. The summed E-state index contributed by atoms with van der Waals surface area (Å²) in [5, 5.41) is 0. The number of hydrogen-bond acceptors (Lipinski definition) is 7. The average Bonchev–Trinajstić information content (AvgIpc) is 3.30. The van der Waals surface area contributed by atoms with Crippen LogP contribution in [-0.4, -0.2) is 49.4 Å². The Hall–Kier alpha value is -3.36. The molecule has 200 valence electrons. The summed E-state index contributed by atoms with van der Waals surface area (Å²) in [7, 11) is 0. The Kier molecular flexibility index (Phi) is 10.6. The molecular weight excluding hydrogens is 484 g/mol. The first kappa shape index (κ1) is 27.7. The fourth-order valence-electron chi connectivity index (χ4n) is 4.36. The van der Waals surface area contributed by atoms with E-state index in [2.05, 4.69) is 0 Å². The van der Waals surface area contributed by atoms with E-state index in [1.807, 2.05) is 91.0 Å². The van der Waals surface area contributed by atoms with Gasteiger partial charge in [0.2, 0.25) is 0 Å². The van der Waals surface area contributed by atoms with Crippen LogP contribution in [0.1, 0.15) is 30.0 Å². The van der Waals surface area contributed by atoms with Gasteiger partial charge < -0.3 is 23.7 Å². The molecule has 7 nitrogen and oxygen atoms in total. The van der Waals surface area contributed by atoms with Crippen molar-refractivity contribution >= 4 is 11.8 Å². The first-order valence-corrected chi connectivity index (χ1v) is 12.9. The summed E-state index contributed by atoms with van der Waals surface area (Å²) in [5.74, 6) is -0.992. The molecule has 1 saturated heterocycles. The van der Waals surface area contributed by atoms with Gasteiger partial charge in [0.05, 0.1) is 33.0 Å². The Morgan fingerprint density at radius 2 is 1.21 bits per heavy atom. The summed E-state index contributed by atoms with van der Waals surface area (Å²) in [4.78, 5) is 25.3. The van der Waals surface area contributed by atoms with Crippen LogP contribution >= 0.6 is 0 Å². The van der Waals surface area contributed by atoms with Gasteiger partial charge in [-0.3, -0.25) is 9.59 Å². The second kappa shape index (κ2) is 14.5. The molecule has 0 radical (unpaired) electrons. The lowest BCUT2D eigenvalue weighted by Gasteiger charge is -2.25. The maximum atomic E-state index is 13.2. The van der Waals surface area contributed by atoms with Crippen LogP contribution in [0.3, 0.4) is 0 Å². The van der Waals surface area contributed by atoms with Crippen LogP contribution in [0, 0.1) is 0 Å². The van der Waals surface area contributed by atoms with E-state index in [0.29, 0.717) is 13.2 Å². The van der Waals surface area contributed by atoms with Crippen molar-refractivity contribution in [2.75, 3.05) is 13.2 Å². The number of carbonyl (C=O) groups excluding carboxylic acids is 2. The number of hydrogen-bond donors (Lipinski definition) is 0. The minimum absolute atomic E-state index is 0.197. The first-order chi connectivity index (χ1) is 18.6. The van der Waals surface area contributed by atoms with Crippen LogP contribution < -0.4 is 0 Å². The molecule has 0 amide bonds. The van der Waals surface area contributed by atoms with E-state index in [1.54, 1.807) is 6.92 Å². The zero-order chi connectivity index (χ0) is 26.6. The smallest absolute Gasteiger partial charge is 0.313 e. The van der Waals surface area contributed by atoms with E-state index < -0.39 is 42.6 Å². The molecule has 1 aliphatic rings. The molecule has 1 fully saturated rings. The molecule has 4 rings (SSSR count). The summed E-state index contributed by atoms with van der Waals surface area (Å²) >= 11 is 0. The molecule has 38 heavy (non-hydrogen) atoms. The van der Waals surface area contributed by atoms with Crippen molar-refractivity contribution in [1.29, 1.82) is 0 Å². The fraction of sp³-hybridized carbons (Fsp3) is 0.355. The predicted molar refractivity (Wildman–Crippen MR) is 141 cm³/mol. The fourth-order valence-corrected chi connectivity index (χ4v) is 4.36. The number of ether oxygens (including phenoxy) is 5. The van der Waals surface area contributed by atoms with Crippen molar-refractivity contribution in [3.05, 3.63) is 108 Å². The summed E-state index contributed by atoms with van der Waals surface area (Å²) < 4.78 is 29.8. The summed E-state index contributed by atoms with van der Waals surface area (Å²) in [6, 6.07) is 29.3. The summed E-state index contributed by atoms with van der Waals surface area (Å²) in [6.07, 6.45) is -3.28. The summed E-state index contributed by atoms with van der Waals surface area (Å²) in [6.45, 7) is 3.07.